The predicted molar refractivity (Wildman–Crippen MR) is 120 cm³/mol. The minimum absolute atomic E-state index is 0.127. The Morgan fingerprint density at radius 3 is 2.67 bits per heavy atom. The van der Waals surface area contributed by atoms with Gasteiger partial charge >= 0.3 is 0 Å². The Bertz CT molecular complexity index is 1020. The number of nitrogens with zero attached hydrogens (tertiary/aromatic N) is 4. The lowest BCUT2D eigenvalue weighted by molar-refractivity contribution is 0.0993. The van der Waals surface area contributed by atoms with Crippen molar-refractivity contribution in [3.05, 3.63) is 70.1 Å². The molecule has 1 N–H and O–H groups in total. The van der Waals surface area contributed by atoms with Crippen LogP contribution < -0.4 is 5.32 Å². The smallest absolute Gasteiger partial charge is 0.170 e. The largest absolute Gasteiger partial charge is 0.338 e. The normalized spacial score (nSPS) is 15.3. The van der Waals surface area contributed by atoms with Crippen LogP contribution in [0.15, 0.2) is 48.9 Å². The molecule has 0 aliphatic carbocycles. The highest BCUT2D eigenvalue weighted by atomic mass is 35.5. The van der Waals surface area contributed by atoms with Gasteiger partial charge in [-0.25, -0.2) is 4.98 Å². The number of piperidine rings is 1. The van der Waals surface area contributed by atoms with Crippen LogP contribution >= 0.6 is 23.2 Å². The molecule has 4 rings (SSSR count). The molecule has 1 aliphatic heterocycles. The number of halogens is 2. The van der Waals surface area contributed by atoms with Crippen LogP contribution in [0.2, 0.25) is 10.0 Å². The fourth-order valence-electron chi connectivity index (χ4n) is 3.70. The average Bonchev–Trinajstić information content (AvgIpc) is 3.17. The van der Waals surface area contributed by atoms with Crippen molar-refractivity contribution in [1.82, 2.24) is 19.7 Å². The van der Waals surface area contributed by atoms with E-state index in [0.717, 1.165) is 37.2 Å². The fraction of sp³-hybridized carbons (Fsp3) is 0.318. The third-order valence-electron chi connectivity index (χ3n) is 5.37. The summed E-state index contributed by atoms with van der Waals surface area (Å²) in [4.78, 5) is 19.4. The Labute approximate surface area is 185 Å². The quantitative estimate of drug-likeness (QED) is 0.541. The standard InChI is InChI=1S/C22H23Cl2N5O/c1-28-9-6-17(7-10-28)29-14-16(13-26-29)27-21-12-15(5-8-25-21)11-20(30)22-18(23)3-2-4-19(22)24/h2-5,8,12-14,17H,6-7,9-11H2,1H3,(H,25,27). The van der Waals surface area contributed by atoms with Gasteiger partial charge in [-0.1, -0.05) is 29.3 Å². The summed E-state index contributed by atoms with van der Waals surface area (Å²) in [6.45, 7) is 2.17. The van der Waals surface area contributed by atoms with Crippen molar-refractivity contribution < 1.29 is 4.79 Å². The van der Waals surface area contributed by atoms with Gasteiger partial charge in [0.25, 0.3) is 0 Å². The molecule has 1 fully saturated rings. The number of aromatic nitrogens is 3. The number of benzene rings is 1. The molecule has 3 aromatic rings. The van der Waals surface area contributed by atoms with E-state index >= 15 is 0 Å². The lowest BCUT2D eigenvalue weighted by atomic mass is 10.0. The maximum Gasteiger partial charge on any atom is 0.170 e. The van der Waals surface area contributed by atoms with Gasteiger partial charge in [0, 0.05) is 18.8 Å². The van der Waals surface area contributed by atoms with Crippen LogP contribution in [-0.2, 0) is 6.42 Å². The number of anilines is 2. The molecule has 0 atom stereocenters. The second-order valence-electron chi connectivity index (χ2n) is 7.61. The fourth-order valence-corrected chi connectivity index (χ4v) is 4.31. The van der Waals surface area contributed by atoms with Crippen LogP contribution in [0.5, 0.6) is 0 Å². The van der Waals surface area contributed by atoms with Gasteiger partial charge in [0.1, 0.15) is 5.82 Å². The number of nitrogens with one attached hydrogen (secondary N) is 1. The van der Waals surface area contributed by atoms with Crippen LogP contribution in [0.1, 0.15) is 34.8 Å². The summed E-state index contributed by atoms with van der Waals surface area (Å²) in [7, 11) is 2.15. The molecular formula is C22H23Cl2N5O. The van der Waals surface area contributed by atoms with Crippen molar-refractivity contribution in [3.63, 3.8) is 0 Å². The molecule has 0 saturated carbocycles. The van der Waals surface area contributed by atoms with E-state index in [4.69, 9.17) is 23.2 Å². The van der Waals surface area contributed by atoms with E-state index < -0.39 is 0 Å². The predicted octanol–water partition coefficient (Wildman–Crippen LogP) is 5.02. The van der Waals surface area contributed by atoms with Gasteiger partial charge < -0.3 is 10.2 Å². The van der Waals surface area contributed by atoms with E-state index in [1.165, 1.54) is 0 Å². The number of carbonyl (C=O) groups is 1. The lowest BCUT2D eigenvalue weighted by Crippen LogP contribution is -2.31. The second kappa shape index (κ2) is 9.16. The Hall–Kier alpha value is -2.41. The first-order valence-electron chi connectivity index (χ1n) is 9.91. The summed E-state index contributed by atoms with van der Waals surface area (Å²) in [5, 5.41) is 8.52. The lowest BCUT2D eigenvalue weighted by Gasteiger charge is -2.28. The number of Topliss-reactive ketones (excluding diaryl/α,β-unsaturated/α-hetero) is 1. The average molecular weight is 444 g/mol. The van der Waals surface area contributed by atoms with Gasteiger partial charge in [-0.15, -0.1) is 0 Å². The molecule has 30 heavy (non-hydrogen) atoms. The number of rotatable bonds is 6. The Morgan fingerprint density at radius 1 is 1.20 bits per heavy atom. The van der Waals surface area contributed by atoms with Crippen LogP contribution in [0.4, 0.5) is 11.5 Å². The Kier molecular flexibility index (Phi) is 6.37. The van der Waals surface area contributed by atoms with Crippen molar-refractivity contribution in [2.45, 2.75) is 25.3 Å². The van der Waals surface area contributed by atoms with Crippen molar-refractivity contribution in [1.29, 1.82) is 0 Å². The van der Waals surface area contributed by atoms with Crippen molar-refractivity contribution in [2.24, 2.45) is 0 Å². The summed E-state index contributed by atoms with van der Waals surface area (Å²) in [5.41, 5.74) is 2.06. The number of likely N-dealkylation sites (tertiary alicyclic amines) is 1. The molecule has 3 heterocycles. The summed E-state index contributed by atoms with van der Waals surface area (Å²) >= 11 is 12.3. The molecule has 0 bridgehead atoms. The summed E-state index contributed by atoms with van der Waals surface area (Å²) < 4.78 is 2.03. The van der Waals surface area contributed by atoms with Gasteiger partial charge in [0.2, 0.25) is 0 Å². The topological polar surface area (TPSA) is 63.0 Å². The minimum atomic E-state index is -0.127. The van der Waals surface area contributed by atoms with Gasteiger partial charge in [0.05, 0.1) is 33.5 Å². The Balaban J connectivity index is 1.43. The minimum Gasteiger partial charge on any atom is -0.338 e. The molecule has 0 spiro atoms. The molecule has 8 heteroatoms. The van der Waals surface area contributed by atoms with Crippen molar-refractivity contribution in [3.8, 4) is 0 Å². The number of pyridine rings is 1. The van der Waals surface area contributed by atoms with Crippen LogP contribution in [0.25, 0.3) is 0 Å². The van der Waals surface area contributed by atoms with E-state index in [1.54, 1.807) is 30.6 Å². The monoisotopic (exact) mass is 443 g/mol. The van der Waals surface area contributed by atoms with Crippen LogP contribution in [0.3, 0.4) is 0 Å². The second-order valence-corrected chi connectivity index (χ2v) is 8.43. The highest BCUT2D eigenvalue weighted by Crippen LogP contribution is 2.27. The zero-order valence-corrected chi connectivity index (χ0v) is 18.2. The molecule has 1 saturated heterocycles. The van der Waals surface area contributed by atoms with Crippen LogP contribution in [0, 0.1) is 0 Å². The van der Waals surface area contributed by atoms with E-state index in [2.05, 4.69) is 27.3 Å². The maximum absolute atomic E-state index is 12.7. The summed E-state index contributed by atoms with van der Waals surface area (Å²) in [6, 6.07) is 9.16. The van der Waals surface area contributed by atoms with Gasteiger partial charge in [0.15, 0.2) is 5.78 Å². The first kappa shape index (κ1) is 20.8. The van der Waals surface area contributed by atoms with Gasteiger partial charge in [-0.3, -0.25) is 9.48 Å². The zero-order valence-electron chi connectivity index (χ0n) is 16.7. The zero-order chi connectivity index (χ0) is 21.1. The molecule has 6 nitrogen and oxygen atoms in total. The molecular weight excluding hydrogens is 421 g/mol. The van der Waals surface area contributed by atoms with E-state index in [0.29, 0.717) is 27.5 Å². The molecule has 156 valence electrons. The Morgan fingerprint density at radius 2 is 1.93 bits per heavy atom. The molecule has 1 aliphatic rings. The molecule has 0 unspecified atom stereocenters. The third-order valence-corrected chi connectivity index (χ3v) is 6.00. The number of hydrogen-bond acceptors (Lipinski definition) is 5. The highest BCUT2D eigenvalue weighted by Gasteiger charge is 2.19. The summed E-state index contributed by atoms with van der Waals surface area (Å²) in [6.07, 6.45) is 7.88. The van der Waals surface area contributed by atoms with E-state index in [9.17, 15) is 4.79 Å². The SMILES string of the molecule is CN1CCC(n2cc(Nc3cc(CC(=O)c4c(Cl)cccc4Cl)ccn3)cn2)CC1. The maximum atomic E-state index is 12.7. The number of carbonyl (C=O) groups excluding carboxylic acids is 1. The molecule has 0 amide bonds. The van der Waals surface area contributed by atoms with Gasteiger partial charge in [-0.05, 0) is 62.8 Å². The third kappa shape index (κ3) is 4.83. The van der Waals surface area contributed by atoms with E-state index in [-0.39, 0.29) is 12.2 Å². The summed E-state index contributed by atoms with van der Waals surface area (Å²) in [5.74, 6) is 0.534. The molecule has 0 radical (unpaired) electrons. The van der Waals surface area contributed by atoms with E-state index in [1.807, 2.05) is 23.0 Å². The first-order valence-corrected chi connectivity index (χ1v) is 10.7. The number of hydrogen-bond donors (Lipinski definition) is 1. The van der Waals surface area contributed by atoms with Gasteiger partial charge in [-0.2, -0.15) is 5.10 Å². The highest BCUT2D eigenvalue weighted by molar-refractivity contribution is 6.39. The molecule has 1 aromatic carbocycles. The van der Waals surface area contributed by atoms with Crippen LogP contribution in [-0.4, -0.2) is 45.6 Å². The molecule has 2 aromatic heterocycles. The van der Waals surface area contributed by atoms with Crippen molar-refractivity contribution in [2.75, 3.05) is 25.5 Å². The first-order chi connectivity index (χ1) is 14.5. The number of ketones is 1. The van der Waals surface area contributed by atoms with Crippen molar-refractivity contribution >= 4 is 40.5 Å².